The summed E-state index contributed by atoms with van der Waals surface area (Å²) in [6.07, 6.45) is 3.30. The predicted octanol–water partition coefficient (Wildman–Crippen LogP) is 1.96. The van der Waals surface area contributed by atoms with Crippen LogP contribution in [0.25, 0.3) is 0 Å². The Morgan fingerprint density at radius 3 is 3.06 bits per heavy atom. The van der Waals surface area contributed by atoms with Crippen LogP contribution in [0.2, 0.25) is 0 Å². The SMILES string of the molecule is C=CCNC(=S)N=C1N=S(C)(=O)c2ccccc21. The van der Waals surface area contributed by atoms with Crippen LogP contribution in [0.15, 0.2) is 51.2 Å². The summed E-state index contributed by atoms with van der Waals surface area (Å²) in [7, 11) is -2.38. The molecule has 0 saturated heterocycles. The van der Waals surface area contributed by atoms with E-state index in [9.17, 15) is 4.21 Å². The standard InChI is InChI=1S/C12H13N3OS2/c1-3-8-13-12(17)14-11-9-6-4-5-7-10(9)18(2,16)15-11/h3-7H,1,8H2,2H3,(H,13,17). The second-order valence-electron chi connectivity index (χ2n) is 3.80. The van der Waals surface area contributed by atoms with Gasteiger partial charge in [0, 0.05) is 18.4 Å². The van der Waals surface area contributed by atoms with Crippen LogP contribution >= 0.6 is 12.2 Å². The monoisotopic (exact) mass is 279 g/mol. The van der Waals surface area contributed by atoms with Crippen molar-refractivity contribution in [3.05, 3.63) is 42.5 Å². The first-order valence-electron chi connectivity index (χ1n) is 5.33. The largest absolute Gasteiger partial charge is 0.357 e. The summed E-state index contributed by atoms with van der Waals surface area (Å²) in [5.74, 6) is 0.430. The van der Waals surface area contributed by atoms with Gasteiger partial charge in [0.25, 0.3) is 0 Å². The van der Waals surface area contributed by atoms with Crippen LogP contribution in [0, 0.1) is 0 Å². The molecule has 0 bridgehead atoms. The average molecular weight is 279 g/mol. The van der Waals surface area contributed by atoms with Crippen molar-refractivity contribution in [1.82, 2.24) is 5.32 Å². The molecule has 0 spiro atoms. The quantitative estimate of drug-likeness (QED) is 0.665. The topological polar surface area (TPSA) is 53.8 Å². The van der Waals surface area contributed by atoms with Crippen LogP contribution in [-0.4, -0.2) is 28.0 Å². The van der Waals surface area contributed by atoms with Crippen LogP contribution in [0.4, 0.5) is 0 Å². The molecule has 1 aromatic rings. The summed E-state index contributed by atoms with van der Waals surface area (Å²) in [4.78, 5) is 4.91. The van der Waals surface area contributed by atoms with E-state index in [-0.39, 0.29) is 0 Å². The van der Waals surface area contributed by atoms with E-state index in [4.69, 9.17) is 12.2 Å². The number of nitrogens with zero attached hydrogens (tertiary/aromatic N) is 2. The maximum atomic E-state index is 12.3. The highest BCUT2D eigenvalue weighted by Crippen LogP contribution is 2.25. The van der Waals surface area contributed by atoms with Gasteiger partial charge in [0.15, 0.2) is 10.9 Å². The van der Waals surface area contributed by atoms with Crippen molar-refractivity contribution in [3.8, 4) is 0 Å². The minimum absolute atomic E-state index is 0.320. The number of nitrogens with one attached hydrogen (secondary N) is 1. The Bertz CT molecular complexity index is 655. The molecule has 18 heavy (non-hydrogen) atoms. The van der Waals surface area contributed by atoms with Gasteiger partial charge in [0.2, 0.25) is 0 Å². The Balaban J connectivity index is 2.40. The van der Waals surface area contributed by atoms with Gasteiger partial charge in [-0.25, -0.2) is 4.21 Å². The molecule has 2 rings (SSSR count). The van der Waals surface area contributed by atoms with Gasteiger partial charge in [-0.05, 0) is 24.4 Å². The van der Waals surface area contributed by atoms with Gasteiger partial charge in [-0.2, -0.15) is 9.36 Å². The Morgan fingerprint density at radius 1 is 1.61 bits per heavy atom. The third-order valence-corrected chi connectivity index (χ3v) is 4.33. The molecule has 0 fully saturated rings. The number of benzene rings is 1. The molecule has 0 aromatic heterocycles. The molecule has 6 heteroatoms. The first kappa shape index (κ1) is 12.9. The molecule has 1 aromatic carbocycles. The Labute approximate surface area is 112 Å². The number of hydrogen-bond donors (Lipinski definition) is 1. The number of fused-ring (bicyclic) bond motifs is 1. The number of thiocarbonyl (C=S) groups is 1. The predicted molar refractivity (Wildman–Crippen MR) is 78.5 cm³/mol. The molecule has 94 valence electrons. The first-order chi connectivity index (χ1) is 8.54. The molecular weight excluding hydrogens is 266 g/mol. The fourth-order valence-electron chi connectivity index (χ4n) is 1.62. The van der Waals surface area contributed by atoms with Crippen molar-refractivity contribution in [2.75, 3.05) is 12.8 Å². The molecule has 1 aliphatic heterocycles. The van der Waals surface area contributed by atoms with Crippen LogP contribution in [0.1, 0.15) is 5.56 Å². The smallest absolute Gasteiger partial charge is 0.195 e. The molecule has 0 saturated carbocycles. The lowest BCUT2D eigenvalue weighted by molar-refractivity contribution is 0.682. The highest BCUT2D eigenvalue weighted by atomic mass is 32.2. The zero-order chi connectivity index (χ0) is 13.2. The molecule has 1 heterocycles. The number of amidine groups is 1. The number of rotatable bonds is 2. The van der Waals surface area contributed by atoms with Gasteiger partial charge in [0.05, 0.1) is 14.6 Å². The molecule has 0 aliphatic carbocycles. The van der Waals surface area contributed by atoms with Crippen molar-refractivity contribution in [2.24, 2.45) is 9.36 Å². The van der Waals surface area contributed by atoms with Crippen molar-refractivity contribution in [3.63, 3.8) is 0 Å². The van der Waals surface area contributed by atoms with Gasteiger partial charge in [-0.15, -0.1) is 6.58 Å². The number of hydrogen-bond acceptors (Lipinski definition) is 2. The highest BCUT2D eigenvalue weighted by Gasteiger charge is 2.23. The van der Waals surface area contributed by atoms with Gasteiger partial charge in [-0.3, -0.25) is 0 Å². The van der Waals surface area contributed by atoms with Crippen molar-refractivity contribution in [2.45, 2.75) is 4.90 Å². The Kier molecular flexibility index (Phi) is 3.58. The molecule has 0 radical (unpaired) electrons. The summed E-state index contributed by atoms with van der Waals surface area (Å²) in [6, 6.07) is 7.37. The van der Waals surface area contributed by atoms with Crippen LogP contribution in [0.3, 0.4) is 0 Å². The number of aliphatic imine (C=N–C) groups is 1. The van der Waals surface area contributed by atoms with E-state index in [1.54, 1.807) is 12.3 Å². The van der Waals surface area contributed by atoms with Crippen molar-refractivity contribution < 1.29 is 4.21 Å². The lowest BCUT2D eigenvalue weighted by Gasteiger charge is -2.00. The average Bonchev–Trinajstić information content (AvgIpc) is 2.59. The fraction of sp³-hybridized carbons (Fsp3) is 0.167. The normalized spacial score (nSPS) is 23.3. The molecule has 1 N–H and O–H groups in total. The van der Waals surface area contributed by atoms with E-state index in [0.717, 1.165) is 10.5 Å². The summed E-state index contributed by atoms with van der Waals surface area (Å²) in [5, 5.41) is 3.21. The van der Waals surface area contributed by atoms with Gasteiger partial charge in [-0.1, -0.05) is 18.2 Å². The third kappa shape index (κ3) is 2.49. The fourth-order valence-corrected chi connectivity index (χ4v) is 3.26. The maximum absolute atomic E-state index is 12.3. The zero-order valence-electron chi connectivity index (χ0n) is 9.92. The molecular formula is C12H13N3OS2. The van der Waals surface area contributed by atoms with E-state index < -0.39 is 9.73 Å². The second kappa shape index (κ2) is 4.99. The van der Waals surface area contributed by atoms with Gasteiger partial charge < -0.3 is 5.32 Å². The van der Waals surface area contributed by atoms with Crippen molar-refractivity contribution in [1.29, 1.82) is 0 Å². The molecule has 1 unspecified atom stereocenters. The Morgan fingerprint density at radius 2 is 2.33 bits per heavy atom. The third-order valence-electron chi connectivity index (χ3n) is 2.40. The highest BCUT2D eigenvalue weighted by molar-refractivity contribution is 7.93. The van der Waals surface area contributed by atoms with Crippen LogP contribution in [-0.2, 0) is 9.73 Å². The van der Waals surface area contributed by atoms with E-state index in [2.05, 4.69) is 21.3 Å². The van der Waals surface area contributed by atoms with Gasteiger partial charge in [0.1, 0.15) is 0 Å². The maximum Gasteiger partial charge on any atom is 0.195 e. The van der Waals surface area contributed by atoms with Gasteiger partial charge >= 0.3 is 0 Å². The van der Waals surface area contributed by atoms with E-state index in [0.29, 0.717) is 17.5 Å². The second-order valence-corrected chi connectivity index (χ2v) is 6.41. The molecule has 1 atom stereocenters. The van der Waals surface area contributed by atoms with Crippen LogP contribution in [0.5, 0.6) is 0 Å². The summed E-state index contributed by atoms with van der Waals surface area (Å²) in [6.45, 7) is 4.12. The molecule has 0 amide bonds. The van der Waals surface area contributed by atoms with Crippen LogP contribution < -0.4 is 5.32 Å². The molecule has 4 nitrogen and oxygen atoms in total. The van der Waals surface area contributed by atoms with E-state index in [1.165, 1.54) is 0 Å². The summed E-state index contributed by atoms with van der Waals surface area (Å²) in [5.41, 5.74) is 0.785. The minimum atomic E-state index is -2.38. The van der Waals surface area contributed by atoms with E-state index >= 15 is 0 Å². The lowest BCUT2D eigenvalue weighted by Crippen LogP contribution is -2.20. The minimum Gasteiger partial charge on any atom is -0.357 e. The summed E-state index contributed by atoms with van der Waals surface area (Å²) >= 11 is 5.06. The first-order valence-corrected chi connectivity index (χ1v) is 7.67. The molecule has 1 aliphatic rings. The van der Waals surface area contributed by atoms with E-state index in [1.807, 2.05) is 24.3 Å². The Hall–Kier alpha value is -1.53. The lowest BCUT2D eigenvalue weighted by atomic mass is 10.2. The summed E-state index contributed by atoms with van der Waals surface area (Å²) < 4.78 is 16.4. The zero-order valence-corrected chi connectivity index (χ0v) is 11.6. The van der Waals surface area contributed by atoms with Crippen molar-refractivity contribution >= 4 is 32.9 Å².